The third kappa shape index (κ3) is 3.04. The number of likely N-dealkylation sites (N-methyl/N-ethyl adjacent to an activating group) is 1. The number of likely N-dealkylation sites (tertiary alicyclic amines) is 1. The number of rotatable bonds is 2. The lowest BCUT2D eigenvalue weighted by atomic mass is 10.0. The Balaban J connectivity index is 2.17. The van der Waals surface area contributed by atoms with E-state index in [2.05, 4.69) is 4.90 Å². The van der Waals surface area contributed by atoms with Crippen LogP contribution in [-0.4, -0.2) is 54.0 Å². The molecule has 0 spiro atoms. The standard InChI is InChI=1S/C14H19FN2O2/c1-16(2)11-4-3-7-17(9-11)14(19)12-8-10(15)5-6-13(12)18/h5-6,8,11,18H,3-4,7,9H2,1-2H3. The molecule has 104 valence electrons. The van der Waals surface area contributed by atoms with Gasteiger partial charge in [-0.1, -0.05) is 0 Å². The topological polar surface area (TPSA) is 43.8 Å². The smallest absolute Gasteiger partial charge is 0.257 e. The highest BCUT2D eigenvalue weighted by Crippen LogP contribution is 2.22. The molecule has 19 heavy (non-hydrogen) atoms. The number of amides is 1. The Kier molecular flexibility index (Phi) is 4.04. The van der Waals surface area contributed by atoms with Gasteiger partial charge in [0.25, 0.3) is 5.91 Å². The lowest BCUT2D eigenvalue weighted by molar-refractivity contribution is 0.0631. The van der Waals surface area contributed by atoms with Crippen LogP contribution in [0.15, 0.2) is 18.2 Å². The lowest BCUT2D eigenvalue weighted by Crippen LogP contribution is -2.47. The first-order valence-electron chi connectivity index (χ1n) is 6.43. The van der Waals surface area contributed by atoms with E-state index in [-0.39, 0.29) is 17.2 Å². The summed E-state index contributed by atoms with van der Waals surface area (Å²) in [6.07, 6.45) is 1.97. The van der Waals surface area contributed by atoms with Gasteiger partial charge in [0.2, 0.25) is 0 Å². The van der Waals surface area contributed by atoms with Gasteiger partial charge >= 0.3 is 0 Å². The van der Waals surface area contributed by atoms with Crippen LogP contribution in [0.25, 0.3) is 0 Å². The molecule has 1 unspecified atom stereocenters. The first kappa shape index (κ1) is 13.8. The van der Waals surface area contributed by atoms with E-state index in [1.54, 1.807) is 4.90 Å². The quantitative estimate of drug-likeness (QED) is 0.886. The zero-order valence-corrected chi connectivity index (χ0v) is 11.3. The van der Waals surface area contributed by atoms with Crippen LogP contribution in [0.1, 0.15) is 23.2 Å². The number of hydrogen-bond acceptors (Lipinski definition) is 3. The Morgan fingerprint density at radius 2 is 2.21 bits per heavy atom. The van der Waals surface area contributed by atoms with Gasteiger partial charge in [0.05, 0.1) is 5.56 Å². The van der Waals surface area contributed by atoms with Crippen molar-refractivity contribution in [2.75, 3.05) is 27.2 Å². The Hall–Kier alpha value is -1.62. The van der Waals surface area contributed by atoms with Crippen molar-refractivity contribution in [3.63, 3.8) is 0 Å². The van der Waals surface area contributed by atoms with E-state index in [0.717, 1.165) is 25.0 Å². The molecule has 0 bridgehead atoms. The third-order valence-corrected chi connectivity index (χ3v) is 3.60. The van der Waals surface area contributed by atoms with E-state index >= 15 is 0 Å². The van der Waals surface area contributed by atoms with E-state index in [0.29, 0.717) is 19.1 Å². The molecule has 0 radical (unpaired) electrons. The zero-order valence-electron chi connectivity index (χ0n) is 11.3. The molecule has 1 aromatic rings. The monoisotopic (exact) mass is 266 g/mol. The molecule has 0 aliphatic carbocycles. The highest BCUT2D eigenvalue weighted by atomic mass is 19.1. The van der Waals surface area contributed by atoms with Gasteiger partial charge in [0.15, 0.2) is 0 Å². The summed E-state index contributed by atoms with van der Waals surface area (Å²) >= 11 is 0. The Morgan fingerprint density at radius 1 is 1.47 bits per heavy atom. The molecule has 1 fully saturated rings. The summed E-state index contributed by atoms with van der Waals surface area (Å²) in [4.78, 5) is 16.1. The molecule has 0 saturated carbocycles. The van der Waals surface area contributed by atoms with Crippen LogP contribution >= 0.6 is 0 Å². The molecule has 4 nitrogen and oxygen atoms in total. The van der Waals surface area contributed by atoms with Crippen LogP contribution in [0.3, 0.4) is 0 Å². The van der Waals surface area contributed by atoms with Gasteiger partial charge < -0.3 is 14.9 Å². The molecule has 1 aliphatic rings. The number of aromatic hydroxyl groups is 1. The minimum Gasteiger partial charge on any atom is -0.507 e. The molecule has 1 saturated heterocycles. The highest BCUT2D eigenvalue weighted by Gasteiger charge is 2.27. The van der Waals surface area contributed by atoms with Gasteiger partial charge in [-0.3, -0.25) is 4.79 Å². The number of piperidine rings is 1. The van der Waals surface area contributed by atoms with Gasteiger partial charge in [-0.05, 0) is 45.1 Å². The predicted octanol–water partition coefficient (Wildman–Crippen LogP) is 1.70. The molecular weight excluding hydrogens is 247 g/mol. The number of carbonyl (C=O) groups is 1. The van der Waals surface area contributed by atoms with Crippen LogP contribution in [0.5, 0.6) is 5.75 Å². The summed E-state index contributed by atoms with van der Waals surface area (Å²) in [7, 11) is 3.97. The van der Waals surface area contributed by atoms with Crippen molar-refractivity contribution in [2.24, 2.45) is 0 Å². The number of halogens is 1. The molecule has 2 rings (SSSR count). The molecule has 1 aromatic carbocycles. The summed E-state index contributed by atoms with van der Waals surface area (Å²) in [6, 6.07) is 3.77. The van der Waals surface area contributed by atoms with Gasteiger partial charge in [0, 0.05) is 19.1 Å². The Morgan fingerprint density at radius 3 is 2.89 bits per heavy atom. The largest absolute Gasteiger partial charge is 0.507 e. The van der Waals surface area contributed by atoms with E-state index in [1.165, 1.54) is 6.07 Å². The minimum atomic E-state index is -0.512. The fourth-order valence-electron chi connectivity index (χ4n) is 2.41. The van der Waals surface area contributed by atoms with Crippen molar-refractivity contribution in [3.05, 3.63) is 29.6 Å². The maximum Gasteiger partial charge on any atom is 0.257 e. The molecule has 1 amide bonds. The maximum atomic E-state index is 13.2. The number of hydrogen-bond donors (Lipinski definition) is 1. The van der Waals surface area contributed by atoms with Crippen molar-refractivity contribution in [2.45, 2.75) is 18.9 Å². The molecule has 0 aromatic heterocycles. The number of nitrogens with zero attached hydrogens (tertiary/aromatic N) is 2. The molecular formula is C14H19FN2O2. The van der Waals surface area contributed by atoms with Crippen molar-refractivity contribution in [3.8, 4) is 5.75 Å². The average Bonchev–Trinajstić information content (AvgIpc) is 2.41. The summed E-state index contributed by atoms with van der Waals surface area (Å²) < 4.78 is 13.2. The number of carbonyl (C=O) groups excluding carboxylic acids is 1. The van der Waals surface area contributed by atoms with Crippen LogP contribution in [0, 0.1) is 5.82 Å². The summed E-state index contributed by atoms with van der Waals surface area (Å²) in [6.45, 7) is 1.26. The first-order chi connectivity index (χ1) is 8.99. The molecule has 1 heterocycles. The van der Waals surface area contributed by atoms with Crippen molar-refractivity contribution in [1.29, 1.82) is 0 Å². The molecule has 1 N–H and O–H groups in total. The van der Waals surface area contributed by atoms with Crippen LogP contribution in [0.2, 0.25) is 0 Å². The fourth-order valence-corrected chi connectivity index (χ4v) is 2.41. The van der Waals surface area contributed by atoms with Crippen molar-refractivity contribution < 1.29 is 14.3 Å². The van der Waals surface area contributed by atoms with Crippen LogP contribution in [-0.2, 0) is 0 Å². The second-order valence-electron chi connectivity index (χ2n) is 5.17. The number of phenolic OH excluding ortho intramolecular Hbond substituents is 1. The van der Waals surface area contributed by atoms with Crippen LogP contribution < -0.4 is 0 Å². The van der Waals surface area contributed by atoms with E-state index < -0.39 is 5.82 Å². The second-order valence-corrected chi connectivity index (χ2v) is 5.17. The predicted molar refractivity (Wildman–Crippen MR) is 70.7 cm³/mol. The van der Waals surface area contributed by atoms with E-state index in [4.69, 9.17) is 0 Å². The lowest BCUT2D eigenvalue weighted by Gasteiger charge is -2.36. The molecule has 1 aliphatic heterocycles. The highest BCUT2D eigenvalue weighted by molar-refractivity contribution is 5.96. The SMILES string of the molecule is CN(C)C1CCCN(C(=O)c2cc(F)ccc2O)C1. The summed E-state index contributed by atoms with van der Waals surface area (Å²) in [5.41, 5.74) is 0.0411. The normalized spacial score (nSPS) is 19.8. The summed E-state index contributed by atoms with van der Waals surface area (Å²) in [5, 5.41) is 9.69. The second kappa shape index (κ2) is 5.57. The third-order valence-electron chi connectivity index (χ3n) is 3.60. The first-order valence-corrected chi connectivity index (χ1v) is 6.43. The summed E-state index contributed by atoms with van der Waals surface area (Å²) in [5.74, 6) is -0.982. The minimum absolute atomic E-state index is 0.0411. The van der Waals surface area contributed by atoms with Gasteiger partial charge in [-0.25, -0.2) is 4.39 Å². The number of benzene rings is 1. The van der Waals surface area contributed by atoms with E-state index in [9.17, 15) is 14.3 Å². The van der Waals surface area contributed by atoms with Crippen molar-refractivity contribution >= 4 is 5.91 Å². The van der Waals surface area contributed by atoms with Crippen molar-refractivity contribution in [1.82, 2.24) is 9.80 Å². The van der Waals surface area contributed by atoms with Gasteiger partial charge in [0.1, 0.15) is 11.6 Å². The van der Waals surface area contributed by atoms with Gasteiger partial charge in [-0.15, -0.1) is 0 Å². The maximum absolute atomic E-state index is 13.2. The van der Waals surface area contributed by atoms with E-state index in [1.807, 2.05) is 14.1 Å². The fraction of sp³-hybridized carbons (Fsp3) is 0.500. The Labute approximate surface area is 112 Å². The molecule has 1 atom stereocenters. The average molecular weight is 266 g/mol. The van der Waals surface area contributed by atoms with Crippen LogP contribution in [0.4, 0.5) is 4.39 Å². The zero-order chi connectivity index (χ0) is 14.0. The number of phenols is 1. The van der Waals surface area contributed by atoms with Gasteiger partial charge in [-0.2, -0.15) is 0 Å². The Bertz CT molecular complexity index is 477. The molecule has 5 heteroatoms.